The average Bonchev–Trinajstić information content (AvgIpc) is 2.91. The van der Waals surface area contributed by atoms with Crippen LogP contribution < -0.4 is 15.0 Å². The molecule has 0 unspecified atom stereocenters. The maximum Gasteiger partial charge on any atom is 0.323 e. The van der Waals surface area contributed by atoms with E-state index >= 15 is 0 Å². The summed E-state index contributed by atoms with van der Waals surface area (Å²) < 4.78 is 24.2. The van der Waals surface area contributed by atoms with Crippen LogP contribution in [0.2, 0.25) is 0 Å². The van der Waals surface area contributed by atoms with Crippen molar-refractivity contribution < 1.29 is 18.7 Å². The van der Waals surface area contributed by atoms with Gasteiger partial charge in [0, 0.05) is 24.7 Å². The van der Waals surface area contributed by atoms with Crippen molar-refractivity contribution in [1.29, 1.82) is 0 Å². The van der Waals surface area contributed by atoms with Gasteiger partial charge in [0.15, 0.2) is 0 Å². The van der Waals surface area contributed by atoms with Gasteiger partial charge in [-0.05, 0) is 18.2 Å². The van der Waals surface area contributed by atoms with E-state index in [-0.39, 0.29) is 11.8 Å². The number of nitrogens with zero attached hydrogens (tertiary/aromatic N) is 3. The maximum atomic E-state index is 13.3. The standard InChI is InChI=1S/C19H21FN4O3/c20-15-2-1-14-13-24(7-10-27-17(14)11-15)19(25)22-18-4-3-16(12-21-18)23-5-8-26-9-6-23/h1-4,11-12H,5-10,13H2,(H,21,22,25). The number of carbonyl (C=O) groups is 1. The van der Waals surface area contributed by atoms with E-state index in [1.54, 1.807) is 23.2 Å². The number of ether oxygens (including phenoxy) is 2. The van der Waals surface area contributed by atoms with Crippen molar-refractivity contribution in [2.75, 3.05) is 49.7 Å². The number of morpholine rings is 1. The van der Waals surface area contributed by atoms with E-state index in [4.69, 9.17) is 9.47 Å². The van der Waals surface area contributed by atoms with Gasteiger partial charge in [-0.25, -0.2) is 14.2 Å². The number of anilines is 2. The first-order valence-corrected chi connectivity index (χ1v) is 8.95. The molecule has 0 saturated carbocycles. The quantitative estimate of drug-likeness (QED) is 0.877. The van der Waals surface area contributed by atoms with Crippen molar-refractivity contribution >= 4 is 17.5 Å². The van der Waals surface area contributed by atoms with Crippen LogP contribution in [0.3, 0.4) is 0 Å². The average molecular weight is 372 g/mol. The summed E-state index contributed by atoms with van der Waals surface area (Å²) in [6.45, 7) is 4.17. The first-order chi connectivity index (χ1) is 13.2. The Balaban J connectivity index is 1.40. The van der Waals surface area contributed by atoms with Crippen molar-refractivity contribution in [1.82, 2.24) is 9.88 Å². The molecule has 1 aromatic heterocycles. The van der Waals surface area contributed by atoms with Gasteiger partial charge in [-0.15, -0.1) is 0 Å². The molecule has 142 valence electrons. The van der Waals surface area contributed by atoms with Crippen molar-refractivity contribution in [3.8, 4) is 5.75 Å². The normalized spacial score (nSPS) is 16.9. The van der Waals surface area contributed by atoms with Gasteiger partial charge in [0.2, 0.25) is 0 Å². The predicted octanol–water partition coefficient (Wildman–Crippen LogP) is 2.48. The molecule has 4 rings (SSSR count). The Bertz CT molecular complexity index is 809. The van der Waals surface area contributed by atoms with Crippen molar-refractivity contribution in [2.45, 2.75) is 6.54 Å². The molecular formula is C19H21FN4O3. The zero-order chi connectivity index (χ0) is 18.6. The molecule has 0 radical (unpaired) electrons. The lowest BCUT2D eigenvalue weighted by Crippen LogP contribution is -2.37. The Hall–Kier alpha value is -2.87. The Kier molecular flexibility index (Phi) is 5.06. The van der Waals surface area contributed by atoms with Gasteiger partial charge in [0.1, 0.15) is 24.0 Å². The molecule has 1 fully saturated rings. The fraction of sp³-hybridized carbons (Fsp3) is 0.368. The zero-order valence-corrected chi connectivity index (χ0v) is 14.9. The highest BCUT2D eigenvalue weighted by molar-refractivity contribution is 5.88. The molecule has 2 aliphatic heterocycles. The van der Waals surface area contributed by atoms with Crippen molar-refractivity contribution in [3.63, 3.8) is 0 Å². The summed E-state index contributed by atoms with van der Waals surface area (Å²) in [5.41, 5.74) is 1.79. The minimum atomic E-state index is -0.351. The van der Waals surface area contributed by atoms with E-state index in [9.17, 15) is 9.18 Å². The predicted molar refractivity (Wildman–Crippen MR) is 98.6 cm³/mol. The summed E-state index contributed by atoms with van der Waals surface area (Å²) >= 11 is 0. The second-order valence-corrected chi connectivity index (χ2v) is 6.45. The first kappa shape index (κ1) is 17.5. The number of fused-ring (bicyclic) bond motifs is 1. The molecule has 0 atom stereocenters. The van der Waals surface area contributed by atoms with Crippen LogP contribution in [-0.2, 0) is 11.3 Å². The van der Waals surface area contributed by atoms with Gasteiger partial charge < -0.3 is 19.3 Å². The number of pyridine rings is 1. The van der Waals surface area contributed by atoms with Gasteiger partial charge in [0.25, 0.3) is 0 Å². The Morgan fingerprint density at radius 3 is 2.74 bits per heavy atom. The van der Waals surface area contributed by atoms with Crippen LogP contribution >= 0.6 is 0 Å². The van der Waals surface area contributed by atoms with Gasteiger partial charge in [-0.3, -0.25) is 5.32 Å². The van der Waals surface area contributed by atoms with E-state index in [0.717, 1.165) is 24.3 Å². The summed E-state index contributed by atoms with van der Waals surface area (Å²) in [5, 5.41) is 2.81. The number of nitrogens with one attached hydrogen (secondary N) is 1. The molecule has 3 heterocycles. The molecule has 2 aromatic rings. The second-order valence-electron chi connectivity index (χ2n) is 6.45. The third-order valence-corrected chi connectivity index (χ3v) is 4.66. The molecule has 2 aliphatic rings. The molecule has 1 aromatic carbocycles. The molecule has 0 spiro atoms. The van der Waals surface area contributed by atoms with Crippen LogP contribution in [0.1, 0.15) is 5.56 Å². The van der Waals surface area contributed by atoms with Crippen LogP contribution in [0.15, 0.2) is 36.5 Å². The van der Waals surface area contributed by atoms with Crippen molar-refractivity contribution in [3.05, 3.63) is 47.9 Å². The fourth-order valence-electron chi connectivity index (χ4n) is 3.17. The zero-order valence-electron chi connectivity index (χ0n) is 14.9. The number of carbonyl (C=O) groups excluding carboxylic acids is 1. The third-order valence-electron chi connectivity index (χ3n) is 4.66. The summed E-state index contributed by atoms with van der Waals surface area (Å²) in [5.74, 6) is 0.621. The fourth-order valence-corrected chi connectivity index (χ4v) is 3.17. The van der Waals surface area contributed by atoms with Crippen LogP contribution in [0.5, 0.6) is 5.75 Å². The number of hydrogen-bond acceptors (Lipinski definition) is 5. The van der Waals surface area contributed by atoms with Crippen molar-refractivity contribution in [2.24, 2.45) is 0 Å². The second kappa shape index (κ2) is 7.79. The molecule has 1 N–H and O–H groups in total. The minimum absolute atomic E-state index is 0.262. The highest BCUT2D eigenvalue weighted by Gasteiger charge is 2.21. The summed E-state index contributed by atoms with van der Waals surface area (Å²) in [4.78, 5) is 20.8. The lowest BCUT2D eigenvalue weighted by molar-refractivity contribution is 0.122. The number of urea groups is 1. The van der Waals surface area contributed by atoms with Gasteiger partial charge in [-0.1, -0.05) is 6.07 Å². The molecule has 0 bridgehead atoms. The topological polar surface area (TPSA) is 66.9 Å². The molecule has 8 heteroatoms. The van der Waals surface area contributed by atoms with Gasteiger partial charge in [0.05, 0.1) is 38.2 Å². The number of hydrogen-bond donors (Lipinski definition) is 1. The number of aromatic nitrogens is 1. The first-order valence-electron chi connectivity index (χ1n) is 8.95. The van der Waals surface area contributed by atoms with Crippen LogP contribution in [0, 0.1) is 5.82 Å². The number of amides is 2. The lowest BCUT2D eigenvalue weighted by Gasteiger charge is -2.28. The highest BCUT2D eigenvalue weighted by Crippen LogP contribution is 2.24. The minimum Gasteiger partial charge on any atom is -0.491 e. The number of rotatable bonds is 2. The summed E-state index contributed by atoms with van der Waals surface area (Å²) in [6.07, 6.45) is 1.75. The van der Waals surface area contributed by atoms with E-state index in [1.165, 1.54) is 12.1 Å². The van der Waals surface area contributed by atoms with E-state index in [1.807, 2.05) is 6.07 Å². The van der Waals surface area contributed by atoms with E-state index in [0.29, 0.717) is 44.5 Å². The van der Waals surface area contributed by atoms with Gasteiger partial charge in [-0.2, -0.15) is 0 Å². The van der Waals surface area contributed by atoms with Crippen LogP contribution in [0.4, 0.5) is 20.7 Å². The van der Waals surface area contributed by atoms with Crippen LogP contribution in [0.25, 0.3) is 0 Å². The summed E-state index contributed by atoms with van der Waals surface area (Å²) in [7, 11) is 0. The Morgan fingerprint density at radius 1 is 1.11 bits per heavy atom. The molecule has 27 heavy (non-hydrogen) atoms. The number of benzene rings is 1. The maximum absolute atomic E-state index is 13.3. The molecule has 0 aliphatic carbocycles. The molecule has 1 saturated heterocycles. The molecule has 7 nitrogen and oxygen atoms in total. The largest absolute Gasteiger partial charge is 0.491 e. The van der Waals surface area contributed by atoms with E-state index in [2.05, 4.69) is 15.2 Å². The smallest absolute Gasteiger partial charge is 0.323 e. The highest BCUT2D eigenvalue weighted by atomic mass is 19.1. The Labute approximate surface area is 156 Å². The van der Waals surface area contributed by atoms with Crippen LogP contribution in [-0.4, -0.2) is 55.4 Å². The Morgan fingerprint density at radius 2 is 1.96 bits per heavy atom. The van der Waals surface area contributed by atoms with Gasteiger partial charge >= 0.3 is 6.03 Å². The SMILES string of the molecule is O=C(Nc1ccc(N2CCOCC2)cn1)N1CCOc2cc(F)ccc2C1. The number of halogens is 1. The third kappa shape index (κ3) is 4.11. The summed E-state index contributed by atoms with van der Waals surface area (Å²) in [6, 6.07) is 7.84. The monoisotopic (exact) mass is 372 g/mol. The van der Waals surface area contributed by atoms with E-state index < -0.39 is 0 Å². The molecular weight excluding hydrogens is 351 g/mol. The molecule has 2 amide bonds. The lowest BCUT2D eigenvalue weighted by atomic mass is 10.2.